The molecule has 0 aliphatic heterocycles. The van der Waals surface area contributed by atoms with Crippen LogP contribution in [0.1, 0.15) is 5.56 Å². The summed E-state index contributed by atoms with van der Waals surface area (Å²) in [5.41, 5.74) is 0.651. The molecule has 6 heteroatoms. The Balaban J connectivity index is 2.00. The number of anilines is 1. The maximum absolute atomic E-state index is 13.4. The van der Waals surface area contributed by atoms with Crippen molar-refractivity contribution in [3.8, 4) is 0 Å². The van der Waals surface area contributed by atoms with Crippen LogP contribution in [0.5, 0.6) is 0 Å². The van der Waals surface area contributed by atoms with Crippen molar-refractivity contribution in [2.45, 2.75) is 11.8 Å². The smallest absolute Gasteiger partial charge is 0.234 e. The number of thioether (sulfide) groups is 1. The fourth-order valence-corrected chi connectivity index (χ4v) is 2.50. The number of hydrogen-bond acceptors (Lipinski definition) is 2. The molecule has 1 amide bonds. The third-order valence-electron chi connectivity index (χ3n) is 2.76. The van der Waals surface area contributed by atoms with Gasteiger partial charge in [-0.2, -0.15) is 0 Å². The van der Waals surface area contributed by atoms with Crippen LogP contribution in [0.15, 0.2) is 41.3 Å². The van der Waals surface area contributed by atoms with Crippen LogP contribution in [-0.4, -0.2) is 11.7 Å². The molecule has 0 aliphatic rings. The Hall–Kier alpha value is -1.95. The van der Waals surface area contributed by atoms with E-state index in [-0.39, 0.29) is 11.4 Å². The predicted octanol–water partition coefficient (Wildman–Crippen LogP) is 4.14. The SMILES string of the molecule is Cc1ccccc1SCC(=O)Nc1ccc(F)c(F)c1F. The molecule has 0 saturated heterocycles. The minimum atomic E-state index is -1.60. The quantitative estimate of drug-likeness (QED) is 0.679. The highest BCUT2D eigenvalue weighted by molar-refractivity contribution is 8.00. The van der Waals surface area contributed by atoms with Crippen molar-refractivity contribution in [2.75, 3.05) is 11.1 Å². The number of hydrogen-bond donors (Lipinski definition) is 1. The van der Waals surface area contributed by atoms with Gasteiger partial charge in [0.05, 0.1) is 11.4 Å². The molecule has 1 N–H and O–H groups in total. The van der Waals surface area contributed by atoms with E-state index in [9.17, 15) is 18.0 Å². The molecule has 0 atom stereocenters. The third kappa shape index (κ3) is 3.78. The lowest BCUT2D eigenvalue weighted by molar-refractivity contribution is -0.113. The van der Waals surface area contributed by atoms with Crippen LogP contribution in [0.4, 0.5) is 18.9 Å². The van der Waals surface area contributed by atoms with E-state index in [0.717, 1.165) is 22.6 Å². The van der Waals surface area contributed by atoms with Crippen molar-refractivity contribution in [3.05, 3.63) is 59.4 Å². The van der Waals surface area contributed by atoms with Gasteiger partial charge in [0.15, 0.2) is 17.5 Å². The Kier molecular flexibility index (Phi) is 4.90. The Labute approximate surface area is 124 Å². The Bertz CT molecular complexity index is 676. The summed E-state index contributed by atoms with van der Waals surface area (Å²) in [4.78, 5) is 12.7. The van der Waals surface area contributed by atoms with Gasteiger partial charge in [-0.1, -0.05) is 18.2 Å². The first-order chi connectivity index (χ1) is 9.99. The second-order valence-electron chi connectivity index (χ2n) is 4.33. The number of aryl methyl sites for hydroxylation is 1. The number of amides is 1. The van der Waals surface area contributed by atoms with Crippen LogP contribution in [-0.2, 0) is 4.79 Å². The second kappa shape index (κ2) is 6.67. The van der Waals surface area contributed by atoms with Crippen molar-refractivity contribution in [2.24, 2.45) is 0 Å². The molecular formula is C15H12F3NOS. The summed E-state index contributed by atoms with van der Waals surface area (Å²) in [7, 11) is 0. The van der Waals surface area contributed by atoms with Gasteiger partial charge in [0.2, 0.25) is 5.91 Å². The highest BCUT2D eigenvalue weighted by Crippen LogP contribution is 2.23. The van der Waals surface area contributed by atoms with Gasteiger partial charge in [-0.05, 0) is 30.7 Å². The molecule has 0 bridgehead atoms. The van der Waals surface area contributed by atoms with Crippen LogP contribution in [0.2, 0.25) is 0 Å². The summed E-state index contributed by atoms with van der Waals surface area (Å²) in [6.45, 7) is 1.91. The van der Waals surface area contributed by atoms with Crippen molar-refractivity contribution in [1.29, 1.82) is 0 Å². The zero-order chi connectivity index (χ0) is 15.4. The molecule has 0 fully saturated rings. The molecule has 0 spiro atoms. The van der Waals surface area contributed by atoms with Gasteiger partial charge in [-0.15, -0.1) is 11.8 Å². The summed E-state index contributed by atoms with van der Waals surface area (Å²) >= 11 is 1.29. The molecule has 2 rings (SSSR count). The van der Waals surface area contributed by atoms with Crippen LogP contribution in [0, 0.1) is 24.4 Å². The van der Waals surface area contributed by atoms with Gasteiger partial charge in [0.25, 0.3) is 0 Å². The van der Waals surface area contributed by atoms with E-state index in [4.69, 9.17) is 0 Å². The summed E-state index contributed by atoms with van der Waals surface area (Å²) in [5.74, 6) is -4.74. The summed E-state index contributed by atoms with van der Waals surface area (Å²) in [6.07, 6.45) is 0. The van der Waals surface area contributed by atoms with Crippen LogP contribution < -0.4 is 5.32 Å². The number of rotatable bonds is 4. The lowest BCUT2D eigenvalue weighted by atomic mass is 10.2. The Morgan fingerprint density at radius 2 is 1.81 bits per heavy atom. The van der Waals surface area contributed by atoms with E-state index in [1.54, 1.807) is 0 Å². The van der Waals surface area contributed by atoms with Gasteiger partial charge < -0.3 is 5.32 Å². The Morgan fingerprint density at radius 3 is 2.52 bits per heavy atom. The molecule has 0 heterocycles. The predicted molar refractivity (Wildman–Crippen MR) is 76.8 cm³/mol. The molecule has 2 aromatic carbocycles. The van der Waals surface area contributed by atoms with E-state index in [1.807, 2.05) is 31.2 Å². The van der Waals surface area contributed by atoms with E-state index < -0.39 is 23.4 Å². The molecule has 2 nitrogen and oxygen atoms in total. The van der Waals surface area contributed by atoms with Crippen LogP contribution >= 0.6 is 11.8 Å². The summed E-state index contributed by atoms with van der Waals surface area (Å²) < 4.78 is 39.2. The lowest BCUT2D eigenvalue weighted by Crippen LogP contribution is -2.15. The number of carbonyl (C=O) groups excluding carboxylic acids is 1. The maximum atomic E-state index is 13.4. The molecule has 0 saturated carbocycles. The maximum Gasteiger partial charge on any atom is 0.234 e. The third-order valence-corrected chi connectivity index (χ3v) is 3.94. The number of benzene rings is 2. The van der Waals surface area contributed by atoms with Gasteiger partial charge in [-0.25, -0.2) is 13.2 Å². The average Bonchev–Trinajstić information content (AvgIpc) is 2.47. The zero-order valence-electron chi connectivity index (χ0n) is 11.1. The first kappa shape index (κ1) is 15.4. The number of nitrogens with one attached hydrogen (secondary N) is 1. The normalized spacial score (nSPS) is 10.5. The van der Waals surface area contributed by atoms with Crippen molar-refractivity contribution in [1.82, 2.24) is 0 Å². The fraction of sp³-hybridized carbons (Fsp3) is 0.133. The van der Waals surface area contributed by atoms with Crippen LogP contribution in [0.25, 0.3) is 0 Å². The van der Waals surface area contributed by atoms with Gasteiger partial charge in [-0.3, -0.25) is 4.79 Å². The lowest BCUT2D eigenvalue weighted by Gasteiger charge is -2.08. The highest BCUT2D eigenvalue weighted by atomic mass is 32.2. The van der Waals surface area contributed by atoms with E-state index in [2.05, 4.69) is 5.32 Å². The van der Waals surface area contributed by atoms with Crippen molar-refractivity contribution >= 4 is 23.4 Å². The molecule has 0 unspecified atom stereocenters. The number of halogens is 3. The molecule has 21 heavy (non-hydrogen) atoms. The topological polar surface area (TPSA) is 29.1 Å². The summed E-state index contributed by atoms with van der Waals surface area (Å²) in [5, 5.41) is 2.23. The molecule has 0 aromatic heterocycles. The Morgan fingerprint density at radius 1 is 1.10 bits per heavy atom. The van der Waals surface area contributed by atoms with Gasteiger partial charge in [0.1, 0.15) is 0 Å². The molecule has 0 radical (unpaired) electrons. The monoisotopic (exact) mass is 311 g/mol. The number of carbonyl (C=O) groups is 1. The van der Waals surface area contributed by atoms with Gasteiger partial charge in [0, 0.05) is 4.90 Å². The fourth-order valence-electron chi connectivity index (χ4n) is 1.67. The molecule has 110 valence electrons. The molecule has 0 aliphatic carbocycles. The first-order valence-corrected chi connectivity index (χ1v) is 7.09. The van der Waals surface area contributed by atoms with Crippen LogP contribution in [0.3, 0.4) is 0 Å². The first-order valence-electron chi connectivity index (χ1n) is 6.11. The average molecular weight is 311 g/mol. The standard InChI is InChI=1S/C15H12F3NOS/c1-9-4-2-3-5-12(9)21-8-13(20)19-11-7-6-10(16)14(17)15(11)18/h2-7H,8H2,1H3,(H,19,20). The zero-order valence-corrected chi connectivity index (χ0v) is 11.9. The van der Waals surface area contributed by atoms with E-state index >= 15 is 0 Å². The molecule has 2 aromatic rings. The minimum Gasteiger partial charge on any atom is -0.323 e. The highest BCUT2D eigenvalue weighted by Gasteiger charge is 2.15. The van der Waals surface area contributed by atoms with Crippen molar-refractivity contribution < 1.29 is 18.0 Å². The minimum absolute atomic E-state index is 0.0449. The summed E-state index contributed by atoms with van der Waals surface area (Å²) in [6, 6.07) is 9.27. The van der Waals surface area contributed by atoms with Crippen molar-refractivity contribution in [3.63, 3.8) is 0 Å². The molecular weight excluding hydrogens is 299 g/mol. The second-order valence-corrected chi connectivity index (χ2v) is 5.34. The van der Waals surface area contributed by atoms with E-state index in [0.29, 0.717) is 0 Å². The largest absolute Gasteiger partial charge is 0.323 e. The van der Waals surface area contributed by atoms with Gasteiger partial charge >= 0.3 is 0 Å². The van der Waals surface area contributed by atoms with E-state index in [1.165, 1.54) is 11.8 Å².